The number of hydrogen-bond donors (Lipinski definition) is 1. The molecule has 0 saturated carbocycles. The minimum absolute atomic E-state index is 0.493. The Labute approximate surface area is 97.7 Å². The van der Waals surface area contributed by atoms with E-state index in [0.717, 1.165) is 10.8 Å². The van der Waals surface area contributed by atoms with Gasteiger partial charge in [0, 0.05) is 10.8 Å². The van der Waals surface area contributed by atoms with E-state index in [4.69, 9.17) is 5.73 Å². The van der Waals surface area contributed by atoms with Crippen molar-refractivity contribution in [3.8, 4) is 0 Å². The van der Waals surface area contributed by atoms with E-state index in [-0.39, 0.29) is 0 Å². The largest absolute Gasteiger partial charge is 0.382 e. The quantitative estimate of drug-likeness (QED) is 0.737. The van der Waals surface area contributed by atoms with E-state index in [1.54, 1.807) is 6.20 Å². The summed E-state index contributed by atoms with van der Waals surface area (Å²) in [6, 6.07) is 6.02. The molecule has 1 aromatic heterocycles. The molecule has 16 heavy (non-hydrogen) atoms. The normalized spacial score (nSPS) is 8.56. The maximum atomic E-state index is 5.63. The van der Waals surface area contributed by atoms with Crippen molar-refractivity contribution in [2.24, 2.45) is 0 Å². The van der Waals surface area contributed by atoms with Gasteiger partial charge in [-0.1, -0.05) is 45.4 Å². The van der Waals surface area contributed by atoms with E-state index in [9.17, 15) is 0 Å². The summed E-state index contributed by atoms with van der Waals surface area (Å²) in [5.74, 6) is 0.493. The van der Waals surface area contributed by atoms with Gasteiger partial charge in [0.1, 0.15) is 0 Å². The fourth-order valence-electron chi connectivity index (χ4n) is 1.23. The number of hydrogen-bond acceptors (Lipinski definition) is 3. The highest BCUT2D eigenvalue weighted by atomic mass is 15.1. The molecular formula is C13H21N3. The summed E-state index contributed by atoms with van der Waals surface area (Å²) in [6.07, 6.45) is 1.72. The van der Waals surface area contributed by atoms with Crippen molar-refractivity contribution in [1.29, 1.82) is 0 Å². The van der Waals surface area contributed by atoms with Gasteiger partial charge < -0.3 is 5.73 Å². The van der Waals surface area contributed by atoms with Gasteiger partial charge in [-0.25, -0.2) is 0 Å². The highest BCUT2D eigenvalue weighted by Gasteiger charge is 1.97. The van der Waals surface area contributed by atoms with Crippen LogP contribution in [0.2, 0.25) is 0 Å². The van der Waals surface area contributed by atoms with Crippen LogP contribution in [0.25, 0.3) is 10.8 Å². The molecule has 0 unspecified atom stereocenters. The Balaban J connectivity index is 0.000000509. The van der Waals surface area contributed by atoms with Crippen LogP contribution in [0.3, 0.4) is 0 Å². The summed E-state index contributed by atoms with van der Waals surface area (Å²) in [5, 5.41) is 9.56. The number of aryl methyl sites for hydroxylation is 1. The average Bonchev–Trinajstić information content (AvgIpc) is 2.34. The zero-order valence-corrected chi connectivity index (χ0v) is 10.8. The lowest BCUT2D eigenvalue weighted by atomic mass is 10.1. The molecule has 1 aromatic carbocycles. The second-order valence-electron chi connectivity index (χ2n) is 2.82. The minimum atomic E-state index is 0.493. The van der Waals surface area contributed by atoms with Crippen LogP contribution in [-0.4, -0.2) is 10.2 Å². The smallest absolute Gasteiger partial charge is 0.153 e. The Morgan fingerprint density at radius 2 is 1.69 bits per heavy atom. The monoisotopic (exact) mass is 219 g/mol. The van der Waals surface area contributed by atoms with Gasteiger partial charge in [0.2, 0.25) is 0 Å². The van der Waals surface area contributed by atoms with Gasteiger partial charge in [0.25, 0.3) is 0 Å². The summed E-state index contributed by atoms with van der Waals surface area (Å²) in [7, 11) is 0. The van der Waals surface area contributed by atoms with Crippen LogP contribution < -0.4 is 5.73 Å². The van der Waals surface area contributed by atoms with Crippen molar-refractivity contribution in [2.45, 2.75) is 34.6 Å². The van der Waals surface area contributed by atoms with Crippen LogP contribution in [0.5, 0.6) is 0 Å². The van der Waals surface area contributed by atoms with E-state index in [1.807, 2.05) is 52.8 Å². The molecule has 0 aliphatic carbocycles. The van der Waals surface area contributed by atoms with E-state index in [2.05, 4.69) is 10.2 Å². The Bertz CT molecular complexity index is 424. The van der Waals surface area contributed by atoms with E-state index in [1.165, 1.54) is 5.56 Å². The molecular weight excluding hydrogens is 198 g/mol. The predicted octanol–water partition coefficient (Wildman–Crippen LogP) is 3.57. The molecule has 0 amide bonds. The lowest BCUT2D eigenvalue weighted by Crippen LogP contribution is -1.93. The third-order valence-corrected chi connectivity index (χ3v) is 1.85. The molecule has 0 spiro atoms. The number of aromatic nitrogens is 2. The van der Waals surface area contributed by atoms with Gasteiger partial charge in [0.15, 0.2) is 5.82 Å². The Morgan fingerprint density at radius 3 is 2.31 bits per heavy atom. The summed E-state index contributed by atoms with van der Waals surface area (Å²) < 4.78 is 0. The van der Waals surface area contributed by atoms with Crippen molar-refractivity contribution in [1.82, 2.24) is 10.2 Å². The first-order valence-corrected chi connectivity index (χ1v) is 5.75. The summed E-state index contributed by atoms with van der Waals surface area (Å²) in [6.45, 7) is 10.0. The molecule has 3 nitrogen and oxygen atoms in total. The SMILES string of the molecule is CC.CC.Cc1ccc2c(N)nncc2c1. The van der Waals surface area contributed by atoms with Gasteiger partial charge in [-0.2, -0.15) is 5.10 Å². The third kappa shape index (κ3) is 3.50. The summed E-state index contributed by atoms with van der Waals surface area (Å²) in [5.41, 5.74) is 6.84. The van der Waals surface area contributed by atoms with Gasteiger partial charge >= 0.3 is 0 Å². The van der Waals surface area contributed by atoms with Crippen LogP contribution in [-0.2, 0) is 0 Å². The molecule has 0 bridgehead atoms. The zero-order chi connectivity index (χ0) is 12.6. The fraction of sp³-hybridized carbons (Fsp3) is 0.385. The fourth-order valence-corrected chi connectivity index (χ4v) is 1.23. The van der Waals surface area contributed by atoms with Crippen molar-refractivity contribution >= 4 is 16.6 Å². The molecule has 88 valence electrons. The highest BCUT2D eigenvalue weighted by molar-refractivity contribution is 5.90. The van der Waals surface area contributed by atoms with Crippen molar-refractivity contribution < 1.29 is 0 Å². The molecule has 2 rings (SSSR count). The summed E-state index contributed by atoms with van der Waals surface area (Å²) >= 11 is 0. The van der Waals surface area contributed by atoms with E-state index in [0.29, 0.717) is 5.82 Å². The average molecular weight is 219 g/mol. The van der Waals surface area contributed by atoms with E-state index < -0.39 is 0 Å². The van der Waals surface area contributed by atoms with Crippen LogP contribution in [0.15, 0.2) is 24.4 Å². The molecule has 2 N–H and O–H groups in total. The molecule has 0 radical (unpaired) electrons. The maximum Gasteiger partial charge on any atom is 0.153 e. The second kappa shape index (κ2) is 7.63. The number of rotatable bonds is 0. The standard InChI is InChI=1S/C9H9N3.2C2H6/c1-6-2-3-8-7(4-6)5-11-12-9(8)10;2*1-2/h2-5H,1H3,(H2,10,12);2*1-2H3. The molecule has 3 heteroatoms. The van der Waals surface area contributed by atoms with Gasteiger partial charge in [-0.05, 0) is 13.0 Å². The Hall–Kier alpha value is -1.64. The molecule has 0 atom stereocenters. The third-order valence-electron chi connectivity index (χ3n) is 1.85. The van der Waals surface area contributed by atoms with Crippen LogP contribution >= 0.6 is 0 Å². The minimum Gasteiger partial charge on any atom is -0.382 e. The topological polar surface area (TPSA) is 51.8 Å². The first-order chi connectivity index (χ1) is 7.77. The van der Waals surface area contributed by atoms with Gasteiger partial charge in [-0.3, -0.25) is 0 Å². The number of nitrogen functional groups attached to an aromatic ring is 1. The van der Waals surface area contributed by atoms with Gasteiger partial charge in [0.05, 0.1) is 6.20 Å². The van der Waals surface area contributed by atoms with Crippen molar-refractivity contribution in [2.75, 3.05) is 5.73 Å². The molecule has 0 fully saturated rings. The Kier molecular flexibility index (Phi) is 6.84. The lowest BCUT2D eigenvalue weighted by molar-refractivity contribution is 1.06. The zero-order valence-electron chi connectivity index (χ0n) is 10.8. The predicted molar refractivity (Wildman–Crippen MR) is 71.4 cm³/mol. The van der Waals surface area contributed by atoms with Gasteiger partial charge in [-0.15, -0.1) is 5.10 Å². The van der Waals surface area contributed by atoms with Crippen LogP contribution in [0.4, 0.5) is 5.82 Å². The number of benzene rings is 1. The highest BCUT2D eigenvalue weighted by Crippen LogP contribution is 2.17. The molecule has 0 aliphatic rings. The Morgan fingerprint density at radius 1 is 1.06 bits per heavy atom. The number of fused-ring (bicyclic) bond motifs is 1. The number of nitrogens with two attached hydrogens (primary N) is 1. The first kappa shape index (κ1) is 14.4. The van der Waals surface area contributed by atoms with Crippen LogP contribution in [0.1, 0.15) is 33.3 Å². The van der Waals surface area contributed by atoms with Crippen molar-refractivity contribution in [3.63, 3.8) is 0 Å². The van der Waals surface area contributed by atoms with Crippen LogP contribution in [0, 0.1) is 6.92 Å². The first-order valence-electron chi connectivity index (χ1n) is 5.75. The number of nitrogens with zero attached hydrogens (tertiary/aromatic N) is 2. The van der Waals surface area contributed by atoms with Crippen molar-refractivity contribution in [3.05, 3.63) is 30.0 Å². The second-order valence-corrected chi connectivity index (χ2v) is 2.82. The summed E-state index contributed by atoms with van der Waals surface area (Å²) in [4.78, 5) is 0. The molecule has 1 heterocycles. The number of anilines is 1. The maximum absolute atomic E-state index is 5.63. The van der Waals surface area contributed by atoms with E-state index >= 15 is 0 Å². The molecule has 2 aromatic rings. The molecule has 0 saturated heterocycles. The lowest BCUT2D eigenvalue weighted by Gasteiger charge is -1.99. The molecule has 0 aliphatic heterocycles.